The summed E-state index contributed by atoms with van der Waals surface area (Å²) >= 11 is 0. The number of aliphatic hydroxyl groups is 1. The monoisotopic (exact) mass is 417 g/mol. The maximum atomic E-state index is 11.6. The highest BCUT2D eigenvalue weighted by Gasteiger charge is 2.47. The summed E-state index contributed by atoms with van der Waals surface area (Å²) in [5.41, 5.74) is 0. The molecule has 1 rings (SSSR count). The fourth-order valence-electron chi connectivity index (χ4n) is 2.66. The number of carbonyl (C=O) groups excluding carboxylic acids is 4. The van der Waals surface area contributed by atoms with Gasteiger partial charge in [0.2, 0.25) is 11.7 Å². The zero-order valence-corrected chi connectivity index (χ0v) is 16.2. The minimum atomic E-state index is -1.54. The topological polar surface area (TPSA) is 175 Å². The minimum absolute atomic E-state index is 0.554. The summed E-state index contributed by atoms with van der Waals surface area (Å²) < 4.78 is 20.4. The van der Waals surface area contributed by atoms with Crippen molar-refractivity contribution in [1.29, 1.82) is 0 Å². The van der Waals surface area contributed by atoms with E-state index in [2.05, 4.69) is 5.32 Å². The first-order valence-electron chi connectivity index (χ1n) is 8.47. The Hall–Kier alpha value is -3.15. The van der Waals surface area contributed by atoms with Crippen LogP contribution in [-0.4, -0.2) is 77.1 Å². The van der Waals surface area contributed by atoms with Gasteiger partial charge in [-0.15, -0.1) is 0 Å². The summed E-state index contributed by atoms with van der Waals surface area (Å²) in [5.74, 6) is -5.20. The van der Waals surface area contributed by atoms with E-state index in [9.17, 15) is 34.2 Å². The first kappa shape index (κ1) is 23.9. The van der Waals surface area contributed by atoms with Gasteiger partial charge in [-0.25, -0.2) is 4.79 Å². The molecule has 0 spiro atoms. The van der Waals surface area contributed by atoms with E-state index in [1.165, 1.54) is 0 Å². The van der Waals surface area contributed by atoms with Crippen molar-refractivity contribution in [2.75, 3.05) is 6.61 Å². The first-order valence-corrected chi connectivity index (χ1v) is 8.47. The average Bonchev–Trinajstić information content (AvgIpc) is 2.57. The van der Waals surface area contributed by atoms with Gasteiger partial charge in [0.15, 0.2) is 18.3 Å². The molecule has 0 fully saturated rings. The second kappa shape index (κ2) is 10.4. The standard InChI is InChI=1S/C17H23NO11/c1-7(19)18-14-11(23)5-12(17(24)25)29-16(14)15(28-10(4)22)13(27-9(3)21)6-26-8(2)20/h5,11,13-16,23H,6H2,1-4H3,(H,18,19)(H,24,25)/t11-,13-,14-,15+,16-/m1/s1. The van der Waals surface area contributed by atoms with E-state index in [0.717, 1.165) is 33.8 Å². The summed E-state index contributed by atoms with van der Waals surface area (Å²) in [5, 5.41) is 21.9. The van der Waals surface area contributed by atoms with Gasteiger partial charge in [0, 0.05) is 27.7 Å². The van der Waals surface area contributed by atoms with Gasteiger partial charge < -0.3 is 34.5 Å². The smallest absolute Gasteiger partial charge is 0.370 e. The van der Waals surface area contributed by atoms with Gasteiger partial charge in [-0.2, -0.15) is 0 Å². The van der Waals surface area contributed by atoms with Crippen molar-refractivity contribution in [3.8, 4) is 0 Å². The quantitative estimate of drug-likeness (QED) is 0.314. The molecule has 0 unspecified atom stereocenters. The van der Waals surface area contributed by atoms with Gasteiger partial charge in [-0.05, 0) is 6.08 Å². The number of aliphatic hydroxyl groups excluding tert-OH is 1. The summed E-state index contributed by atoms with van der Waals surface area (Å²) in [6.45, 7) is 3.77. The van der Waals surface area contributed by atoms with Crippen LogP contribution < -0.4 is 5.32 Å². The number of amides is 1. The molecule has 1 aliphatic heterocycles. The van der Waals surface area contributed by atoms with Crippen LogP contribution >= 0.6 is 0 Å². The van der Waals surface area contributed by atoms with E-state index in [1.54, 1.807) is 0 Å². The molecule has 1 heterocycles. The molecule has 0 saturated carbocycles. The van der Waals surface area contributed by atoms with E-state index in [4.69, 9.17) is 18.9 Å². The van der Waals surface area contributed by atoms with Crippen molar-refractivity contribution < 1.29 is 53.1 Å². The Labute approximate surface area is 165 Å². The number of ether oxygens (including phenoxy) is 4. The molecule has 162 valence electrons. The lowest BCUT2D eigenvalue weighted by Crippen LogP contribution is -2.61. The van der Waals surface area contributed by atoms with Crippen LogP contribution in [-0.2, 0) is 42.9 Å². The number of aliphatic carboxylic acids is 1. The second-order valence-electron chi connectivity index (χ2n) is 6.16. The summed E-state index contributed by atoms with van der Waals surface area (Å²) in [6, 6.07) is -1.27. The number of rotatable bonds is 8. The molecule has 0 aliphatic carbocycles. The zero-order valence-electron chi connectivity index (χ0n) is 16.2. The zero-order chi connectivity index (χ0) is 22.3. The van der Waals surface area contributed by atoms with Crippen molar-refractivity contribution in [3.05, 3.63) is 11.8 Å². The van der Waals surface area contributed by atoms with Crippen molar-refractivity contribution in [2.45, 2.75) is 58.2 Å². The Balaban J connectivity index is 3.39. The van der Waals surface area contributed by atoms with Gasteiger partial charge in [0.1, 0.15) is 12.7 Å². The second-order valence-corrected chi connectivity index (χ2v) is 6.16. The normalized spacial score (nSPS) is 22.8. The van der Waals surface area contributed by atoms with E-state index >= 15 is 0 Å². The summed E-state index contributed by atoms with van der Waals surface area (Å²) in [7, 11) is 0. The highest BCUT2D eigenvalue weighted by Crippen LogP contribution is 2.26. The third-order valence-corrected chi connectivity index (χ3v) is 3.65. The maximum Gasteiger partial charge on any atom is 0.370 e. The van der Waals surface area contributed by atoms with Crippen LogP contribution in [0.15, 0.2) is 11.8 Å². The van der Waals surface area contributed by atoms with Crippen molar-refractivity contribution >= 4 is 29.8 Å². The number of hydrogen-bond donors (Lipinski definition) is 3. The fourth-order valence-corrected chi connectivity index (χ4v) is 2.66. The van der Waals surface area contributed by atoms with E-state index < -0.39 is 72.6 Å². The van der Waals surface area contributed by atoms with Crippen LogP contribution in [0.5, 0.6) is 0 Å². The van der Waals surface area contributed by atoms with Crippen LogP contribution in [0.3, 0.4) is 0 Å². The van der Waals surface area contributed by atoms with Crippen LogP contribution in [0.1, 0.15) is 27.7 Å². The molecule has 3 N–H and O–H groups in total. The van der Waals surface area contributed by atoms with Crippen LogP contribution in [0.25, 0.3) is 0 Å². The number of nitrogens with one attached hydrogen (secondary N) is 1. The lowest BCUT2D eigenvalue weighted by atomic mass is 9.93. The van der Waals surface area contributed by atoms with E-state index in [1.807, 2.05) is 0 Å². The molecular weight excluding hydrogens is 394 g/mol. The predicted molar refractivity (Wildman–Crippen MR) is 91.9 cm³/mol. The van der Waals surface area contributed by atoms with Gasteiger partial charge in [0.25, 0.3) is 0 Å². The van der Waals surface area contributed by atoms with Gasteiger partial charge in [-0.3, -0.25) is 19.2 Å². The van der Waals surface area contributed by atoms with Crippen molar-refractivity contribution in [3.63, 3.8) is 0 Å². The molecule has 12 nitrogen and oxygen atoms in total. The molecular formula is C17H23NO11. The highest BCUT2D eigenvalue weighted by atomic mass is 16.6. The van der Waals surface area contributed by atoms with Crippen LogP contribution in [0.4, 0.5) is 0 Å². The van der Waals surface area contributed by atoms with E-state index in [0.29, 0.717) is 0 Å². The summed E-state index contributed by atoms with van der Waals surface area (Å²) in [6.07, 6.45) is -5.12. The Morgan fingerprint density at radius 3 is 2.10 bits per heavy atom. The highest BCUT2D eigenvalue weighted by molar-refractivity contribution is 5.84. The Morgan fingerprint density at radius 1 is 1.07 bits per heavy atom. The molecule has 0 radical (unpaired) electrons. The number of carboxylic acid groups (broad SMARTS) is 1. The Bertz CT molecular complexity index is 701. The fraction of sp³-hybridized carbons (Fsp3) is 0.588. The predicted octanol–water partition coefficient (Wildman–Crippen LogP) is -1.35. The molecule has 0 bridgehead atoms. The lowest BCUT2D eigenvalue weighted by molar-refractivity contribution is -0.189. The SMILES string of the molecule is CC(=O)N[C@H]1[C@H]([C@@H](OC(C)=O)[C@@H](COC(C)=O)OC(C)=O)OC(C(=O)O)=C[C@H]1O. The Morgan fingerprint density at radius 2 is 1.66 bits per heavy atom. The number of esters is 3. The third kappa shape index (κ3) is 7.41. The van der Waals surface area contributed by atoms with Crippen molar-refractivity contribution in [1.82, 2.24) is 5.32 Å². The van der Waals surface area contributed by atoms with Crippen LogP contribution in [0.2, 0.25) is 0 Å². The first-order chi connectivity index (χ1) is 13.4. The van der Waals surface area contributed by atoms with Crippen molar-refractivity contribution in [2.24, 2.45) is 0 Å². The Kier molecular flexibility index (Phi) is 8.57. The minimum Gasteiger partial charge on any atom is -0.477 e. The van der Waals surface area contributed by atoms with Crippen LogP contribution in [0, 0.1) is 0 Å². The molecule has 0 saturated heterocycles. The van der Waals surface area contributed by atoms with Gasteiger partial charge in [-0.1, -0.05) is 0 Å². The van der Waals surface area contributed by atoms with E-state index in [-0.39, 0.29) is 0 Å². The molecule has 1 amide bonds. The molecule has 1 aliphatic rings. The number of carboxylic acids is 1. The van der Waals surface area contributed by atoms with Gasteiger partial charge >= 0.3 is 23.9 Å². The number of carbonyl (C=O) groups is 5. The largest absolute Gasteiger partial charge is 0.477 e. The maximum absolute atomic E-state index is 11.6. The number of hydrogen-bond acceptors (Lipinski definition) is 10. The molecule has 0 aromatic carbocycles. The molecule has 0 aromatic heterocycles. The third-order valence-electron chi connectivity index (χ3n) is 3.65. The molecule has 0 aromatic rings. The average molecular weight is 417 g/mol. The molecule has 12 heteroatoms. The lowest BCUT2D eigenvalue weighted by Gasteiger charge is -2.40. The summed E-state index contributed by atoms with van der Waals surface area (Å²) in [4.78, 5) is 57.2. The van der Waals surface area contributed by atoms with Gasteiger partial charge in [0.05, 0.1) is 6.04 Å². The molecule has 5 atom stereocenters. The molecule has 29 heavy (non-hydrogen) atoms.